The number of nitro groups is 1. The third kappa shape index (κ3) is 2.85. The fourth-order valence-corrected chi connectivity index (χ4v) is 6.13. The van der Waals surface area contributed by atoms with E-state index in [0.29, 0.717) is 12.1 Å². The van der Waals surface area contributed by atoms with Crippen LogP contribution in [0.1, 0.15) is 23.5 Å². The molecule has 0 aliphatic carbocycles. The van der Waals surface area contributed by atoms with E-state index in [0.717, 1.165) is 42.4 Å². The molecule has 0 amide bonds. The summed E-state index contributed by atoms with van der Waals surface area (Å²) in [5, 5.41) is 11.1. The van der Waals surface area contributed by atoms with Gasteiger partial charge in [-0.3, -0.25) is 14.4 Å². The van der Waals surface area contributed by atoms with E-state index in [2.05, 4.69) is 7.05 Å². The second-order valence-electron chi connectivity index (χ2n) is 7.61. The van der Waals surface area contributed by atoms with Crippen molar-refractivity contribution in [3.05, 3.63) is 63.5 Å². The van der Waals surface area contributed by atoms with Gasteiger partial charge in [-0.05, 0) is 30.7 Å². The minimum atomic E-state index is -4.07. The number of fused-ring (bicyclic) bond motifs is 3. The van der Waals surface area contributed by atoms with Gasteiger partial charge in [-0.15, -0.1) is 0 Å². The number of nitrogens with one attached hydrogen (secondary N) is 1. The van der Waals surface area contributed by atoms with Gasteiger partial charge in [-0.25, -0.2) is 8.42 Å². The number of anilines is 1. The molecule has 28 heavy (non-hydrogen) atoms. The lowest BCUT2D eigenvalue weighted by atomic mass is 9.89. The molecule has 1 unspecified atom stereocenters. The lowest BCUT2D eigenvalue weighted by Gasteiger charge is -2.34. The van der Waals surface area contributed by atoms with Gasteiger partial charge in [0.15, 0.2) is 0 Å². The molecule has 3 atom stereocenters. The summed E-state index contributed by atoms with van der Waals surface area (Å²) in [5.74, 6) is -0.990. The summed E-state index contributed by atoms with van der Waals surface area (Å²) in [6, 6.07) is 8.19. The summed E-state index contributed by atoms with van der Waals surface area (Å²) in [6.45, 7) is 3.62. The van der Waals surface area contributed by atoms with Crippen molar-refractivity contribution in [2.24, 2.45) is 0 Å². The number of aryl methyl sites for hydroxylation is 1. The van der Waals surface area contributed by atoms with Crippen LogP contribution in [0.25, 0.3) is 0 Å². The van der Waals surface area contributed by atoms with Crippen molar-refractivity contribution in [2.75, 3.05) is 24.4 Å². The average molecular weight is 406 g/mol. The number of nitrogens with zero attached hydrogens (tertiary/aromatic N) is 2. The molecule has 2 aromatic rings. The summed E-state index contributed by atoms with van der Waals surface area (Å²) in [5.41, 5.74) is 1.82. The van der Waals surface area contributed by atoms with E-state index in [9.17, 15) is 22.9 Å². The van der Waals surface area contributed by atoms with E-state index in [-0.39, 0.29) is 16.9 Å². The van der Waals surface area contributed by atoms with Crippen LogP contribution in [0.15, 0.2) is 41.3 Å². The molecule has 0 spiro atoms. The highest BCUT2D eigenvalue weighted by Gasteiger charge is 2.48. The monoisotopic (exact) mass is 406 g/mol. The van der Waals surface area contributed by atoms with Gasteiger partial charge in [0.2, 0.25) is 5.82 Å². The third-order valence-corrected chi connectivity index (χ3v) is 7.53. The molecular formula is C19H21FN3O4S+. The molecule has 0 radical (unpaired) electrons. The molecule has 0 saturated carbocycles. The lowest BCUT2D eigenvalue weighted by molar-refractivity contribution is -0.886. The number of nitro benzene ring substituents is 1. The Morgan fingerprint density at radius 2 is 2.00 bits per heavy atom. The van der Waals surface area contributed by atoms with Crippen molar-refractivity contribution in [2.45, 2.75) is 30.2 Å². The first-order valence-electron chi connectivity index (χ1n) is 9.10. The summed E-state index contributed by atoms with van der Waals surface area (Å²) >= 11 is 0. The largest absolute Gasteiger partial charge is 0.337 e. The predicted molar refractivity (Wildman–Crippen MR) is 102 cm³/mol. The van der Waals surface area contributed by atoms with Gasteiger partial charge in [0.05, 0.1) is 47.6 Å². The number of piperidine rings is 1. The molecule has 2 aromatic carbocycles. The van der Waals surface area contributed by atoms with Crippen molar-refractivity contribution >= 4 is 21.4 Å². The first-order chi connectivity index (χ1) is 13.2. The van der Waals surface area contributed by atoms with Crippen LogP contribution in [0.3, 0.4) is 0 Å². The van der Waals surface area contributed by atoms with E-state index in [1.165, 1.54) is 9.21 Å². The smallest absolute Gasteiger partial charge is 0.306 e. The van der Waals surface area contributed by atoms with Crippen LogP contribution in [0.4, 0.5) is 15.8 Å². The number of hydrogen-bond donors (Lipinski definition) is 1. The molecule has 148 valence electrons. The molecule has 0 aromatic heterocycles. The Balaban J connectivity index is 1.86. The Kier molecular flexibility index (Phi) is 4.39. The van der Waals surface area contributed by atoms with Crippen LogP contribution in [0.5, 0.6) is 0 Å². The number of hydrogen-bond acceptors (Lipinski definition) is 4. The van der Waals surface area contributed by atoms with Gasteiger partial charge in [0, 0.05) is 12.5 Å². The van der Waals surface area contributed by atoms with Crippen molar-refractivity contribution in [3.63, 3.8) is 0 Å². The van der Waals surface area contributed by atoms with Crippen molar-refractivity contribution in [3.8, 4) is 0 Å². The molecule has 1 N–H and O–H groups in total. The normalized spacial score (nSPS) is 24.0. The fourth-order valence-electron chi connectivity index (χ4n) is 4.37. The lowest BCUT2D eigenvalue weighted by Crippen LogP contribution is -3.11. The molecule has 1 fully saturated rings. The number of benzene rings is 2. The maximum Gasteiger partial charge on any atom is 0.306 e. The van der Waals surface area contributed by atoms with E-state index in [1.54, 1.807) is 6.07 Å². The predicted octanol–water partition coefficient (Wildman–Crippen LogP) is 1.62. The topological polar surface area (TPSA) is 85.0 Å². The maximum atomic E-state index is 13.7. The van der Waals surface area contributed by atoms with Gasteiger partial charge in [0.25, 0.3) is 10.0 Å². The third-order valence-electron chi connectivity index (χ3n) is 5.69. The quantitative estimate of drug-likeness (QED) is 0.620. The number of rotatable bonds is 3. The second-order valence-corrected chi connectivity index (χ2v) is 9.42. The molecule has 2 aliphatic rings. The summed E-state index contributed by atoms with van der Waals surface area (Å²) in [4.78, 5) is 11.2. The van der Waals surface area contributed by atoms with Crippen LogP contribution in [0, 0.1) is 22.9 Å². The molecule has 2 aliphatic heterocycles. The molecule has 7 nitrogen and oxygen atoms in total. The number of halogens is 1. The Morgan fingerprint density at radius 3 is 2.71 bits per heavy atom. The number of likely N-dealkylation sites (tertiary alicyclic amines) is 1. The van der Waals surface area contributed by atoms with Gasteiger partial charge in [-0.2, -0.15) is 4.39 Å². The van der Waals surface area contributed by atoms with Crippen molar-refractivity contribution in [1.82, 2.24) is 0 Å². The minimum Gasteiger partial charge on any atom is -0.337 e. The van der Waals surface area contributed by atoms with E-state index < -0.39 is 26.5 Å². The highest BCUT2D eigenvalue weighted by molar-refractivity contribution is 7.92. The highest BCUT2D eigenvalue weighted by atomic mass is 32.2. The van der Waals surface area contributed by atoms with Gasteiger partial charge in [0.1, 0.15) is 0 Å². The van der Waals surface area contributed by atoms with Crippen molar-refractivity contribution in [1.29, 1.82) is 0 Å². The summed E-state index contributed by atoms with van der Waals surface area (Å²) < 4.78 is 42.1. The summed E-state index contributed by atoms with van der Waals surface area (Å²) in [6.07, 6.45) is 0.687. The van der Waals surface area contributed by atoms with Gasteiger partial charge >= 0.3 is 5.69 Å². The number of quaternary nitrogens is 1. The van der Waals surface area contributed by atoms with E-state index >= 15 is 0 Å². The van der Waals surface area contributed by atoms with Crippen LogP contribution < -0.4 is 9.21 Å². The fraction of sp³-hybridized carbons (Fsp3) is 0.368. The Labute approximate surface area is 162 Å². The minimum absolute atomic E-state index is 0.0638. The molecular weight excluding hydrogens is 385 g/mol. The Hall–Kier alpha value is -2.52. The summed E-state index contributed by atoms with van der Waals surface area (Å²) in [7, 11) is -1.98. The van der Waals surface area contributed by atoms with Crippen LogP contribution in [0.2, 0.25) is 0 Å². The zero-order valence-electron chi connectivity index (χ0n) is 15.6. The highest BCUT2D eigenvalue weighted by Crippen LogP contribution is 2.46. The van der Waals surface area contributed by atoms with Crippen LogP contribution in [-0.4, -0.2) is 39.5 Å². The standard InChI is InChI=1S/C19H20FN3O4S/c1-12-3-6-17-14(9-12)15-11-21(2)8-7-18(15)22(17)28(26,27)13-4-5-16(20)19(10-13)23(24)25/h3-6,9-10,15,18H,7-8,11H2,1-2H3/p+1/t15-,18+/m1/s1. The maximum absolute atomic E-state index is 13.7. The molecule has 4 rings (SSSR count). The molecule has 2 heterocycles. The SMILES string of the molecule is Cc1ccc2c(c1)[C@H]1C[NH+](C)CC[C@@H]1N2S(=O)(=O)c1ccc(F)c([N+](=O)[O-])c1. The van der Waals surface area contributed by atoms with Crippen molar-refractivity contribution < 1.29 is 22.6 Å². The zero-order chi connectivity index (χ0) is 20.2. The number of likely N-dealkylation sites (N-methyl/N-ethyl adjacent to an activating group) is 1. The van der Waals surface area contributed by atoms with E-state index in [4.69, 9.17) is 0 Å². The zero-order valence-corrected chi connectivity index (χ0v) is 16.4. The second kappa shape index (κ2) is 6.52. The molecule has 9 heteroatoms. The van der Waals surface area contributed by atoms with Gasteiger partial charge < -0.3 is 4.90 Å². The first-order valence-corrected chi connectivity index (χ1v) is 10.5. The average Bonchev–Trinajstić information content (AvgIpc) is 2.95. The molecule has 0 bridgehead atoms. The van der Waals surface area contributed by atoms with Crippen LogP contribution >= 0.6 is 0 Å². The van der Waals surface area contributed by atoms with E-state index in [1.807, 2.05) is 19.1 Å². The Morgan fingerprint density at radius 1 is 1.25 bits per heavy atom. The number of sulfonamides is 1. The van der Waals surface area contributed by atoms with Gasteiger partial charge in [-0.1, -0.05) is 17.7 Å². The Bertz CT molecular complexity index is 1070. The first kappa shape index (κ1) is 18.8. The van der Waals surface area contributed by atoms with Crippen LogP contribution in [-0.2, 0) is 10.0 Å². The molecule has 1 saturated heterocycles.